The second-order valence-electron chi connectivity index (χ2n) is 5.25. The Morgan fingerprint density at radius 1 is 1.28 bits per heavy atom. The Labute approximate surface area is 139 Å². The standard InChI is InChI=1S/C15H13F3N6O/c1-9(24-7-4-12(23-24)15(16,17)18)14(25)20-13-8-11(21-22-13)10-2-5-19-6-3-10/h2-9H,1H3,(H2,20,21,22,25). The van der Waals surface area contributed by atoms with Crippen LogP contribution in [0, 0.1) is 0 Å². The van der Waals surface area contributed by atoms with Gasteiger partial charge in [0.1, 0.15) is 6.04 Å². The van der Waals surface area contributed by atoms with Crippen molar-refractivity contribution in [2.24, 2.45) is 0 Å². The molecule has 0 aliphatic carbocycles. The molecule has 0 radical (unpaired) electrons. The van der Waals surface area contributed by atoms with Gasteiger partial charge in [-0.05, 0) is 25.1 Å². The molecule has 1 amide bonds. The molecule has 3 aromatic heterocycles. The topological polar surface area (TPSA) is 88.5 Å². The van der Waals surface area contributed by atoms with Crippen molar-refractivity contribution in [2.45, 2.75) is 19.1 Å². The van der Waals surface area contributed by atoms with E-state index in [0.29, 0.717) is 5.69 Å². The number of anilines is 1. The SMILES string of the molecule is CC(C(=O)Nc1cc(-c2ccncc2)[nH]n1)n1ccc(C(F)(F)F)n1. The zero-order valence-corrected chi connectivity index (χ0v) is 12.9. The minimum atomic E-state index is -4.55. The number of carbonyl (C=O) groups excluding carboxylic acids is 1. The highest BCUT2D eigenvalue weighted by molar-refractivity contribution is 5.93. The van der Waals surface area contributed by atoms with E-state index >= 15 is 0 Å². The molecular formula is C15H13F3N6O. The lowest BCUT2D eigenvalue weighted by Gasteiger charge is -2.11. The van der Waals surface area contributed by atoms with Gasteiger partial charge in [-0.2, -0.15) is 23.4 Å². The number of hydrogen-bond acceptors (Lipinski definition) is 4. The van der Waals surface area contributed by atoms with Gasteiger partial charge >= 0.3 is 6.18 Å². The van der Waals surface area contributed by atoms with Crippen LogP contribution in [0.3, 0.4) is 0 Å². The summed E-state index contributed by atoms with van der Waals surface area (Å²) in [4.78, 5) is 16.1. The molecule has 1 atom stereocenters. The number of nitrogens with one attached hydrogen (secondary N) is 2. The van der Waals surface area contributed by atoms with Crippen LogP contribution in [0.5, 0.6) is 0 Å². The minimum absolute atomic E-state index is 0.256. The fourth-order valence-corrected chi connectivity index (χ4v) is 2.12. The average molecular weight is 350 g/mol. The highest BCUT2D eigenvalue weighted by atomic mass is 19.4. The van der Waals surface area contributed by atoms with Gasteiger partial charge in [-0.3, -0.25) is 19.6 Å². The summed E-state index contributed by atoms with van der Waals surface area (Å²) in [6.45, 7) is 1.44. The number of pyridine rings is 1. The van der Waals surface area contributed by atoms with Crippen LogP contribution in [-0.4, -0.2) is 30.9 Å². The van der Waals surface area contributed by atoms with E-state index in [0.717, 1.165) is 22.5 Å². The van der Waals surface area contributed by atoms with Gasteiger partial charge in [0.2, 0.25) is 5.91 Å². The second-order valence-corrected chi connectivity index (χ2v) is 5.25. The Bertz CT molecular complexity index is 871. The predicted octanol–water partition coefficient (Wildman–Crippen LogP) is 2.89. The largest absolute Gasteiger partial charge is 0.435 e. The second kappa shape index (κ2) is 6.38. The van der Waals surface area contributed by atoms with Gasteiger partial charge in [0, 0.05) is 30.2 Å². The van der Waals surface area contributed by atoms with Gasteiger partial charge < -0.3 is 5.32 Å². The third-order valence-corrected chi connectivity index (χ3v) is 3.50. The molecule has 0 bridgehead atoms. The van der Waals surface area contributed by atoms with Gasteiger partial charge in [-0.25, -0.2) is 0 Å². The lowest BCUT2D eigenvalue weighted by atomic mass is 10.2. The molecule has 0 saturated heterocycles. The van der Waals surface area contributed by atoms with Crippen molar-refractivity contribution in [3.05, 3.63) is 48.5 Å². The van der Waals surface area contributed by atoms with Gasteiger partial charge in [-0.15, -0.1) is 0 Å². The highest BCUT2D eigenvalue weighted by Gasteiger charge is 2.34. The fourth-order valence-electron chi connectivity index (χ4n) is 2.12. The van der Waals surface area contributed by atoms with Gasteiger partial charge in [0.25, 0.3) is 0 Å². The van der Waals surface area contributed by atoms with E-state index in [-0.39, 0.29) is 5.82 Å². The van der Waals surface area contributed by atoms with Crippen molar-refractivity contribution in [1.82, 2.24) is 25.0 Å². The van der Waals surface area contributed by atoms with Gasteiger partial charge in [0.05, 0.1) is 5.69 Å². The van der Waals surface area contributed by atoms with E-state index in [4.69, 9.17) is 0 Å². The first-order valence-electron chi connectivity index (χ1n) is 7.23. The zero-order chi connectivity index (χ0) is 18.0. The molecule has 130 valence electrons. The third kappa shape index (κ3) is 3.67. The molecule has 25 heavy (non-hydrogen) atoms. The lowest BCUT2D eigenvalue weighted by Crippen LogP contribution is -2.24. The number of aromatic amines is 1. The number of carbonyl (C=O) groups is 1. The summed E-state index contributed by atoms with van der Waals surface area (Å²) < 4.78 is 38.7. The molecule has 3 rings (SSSR count). The Balaban J connectivity index is 1.70. The molecule has 0 fully saturated rings. The lowest BCUT2D eigenvalue weighted by molar-refractivity contribution is -0.141. The summed E-state index contributed by atoms with van der Waals surface area (Å²) in [6, 6.07) is 5.04. The normalized spacial score (nSPS) is 12.8. The Morgan fingerprint density at radius 2 is 2.00 bits per heavy atom. The molecule has 1 unspecified atom stereocenters. The summed E-state index contributed by atoms with van der Waals surface area (Å²) in [7, 11) is 0. The van der Waals surface area contributed by atoms with E-state index in [1.165, 1.54) is 6.92 Å². The number of nitrogens with zero attached hydrogens (tertiary/aromatic N) is 4. The predicted molar refractivity (Wildman–Crippen MR) is 82.4 cm³/mol. The molecule has 0 aliphatic rings. The summed E-state index contributed by atoms with van der Waals surface area (Å²) >= 11 is 0. The molecule has 3 aromatic rings. The first-order chi connectivity index (χ1) is 11.8. The van der Waals surface area contributed by atoms with Crippen molar-refractivity contribution in [1.29, 1.82) is 0 Å². The first kappa shape index (κ1) is 16.7. The zero-order valence-electron chi connectivity index (χ0n) is 12.9. The number of H-pyrrole nitrogens is 1. The van der Waals surface area contributed by atoms with Crippen LogP contribution in [0.25, 0.3) is 11.3 Å². The van der Waals surface area contributed by atoms with Crippen LogP contribution in [0.15, 0.2) is 42.9 Å². The number of amides is 1. The quantitative estimate of drug-likeness (QED) is 0.757. The van der Waals surface area contributed by atoms with E-state index < -0.39 is 23.8 Å². The van der Waals surface area contributed by atoms with Crippen molar-refractivity contribution in [3.8, 4) is 11.3 Å². The van der Waals surface area contributed by atoms with E-state index in [1.54, 1.807) is 30.6 Å². The van der Waals surface area contributed by atoms with E-state index in [9.17, 15) is 18.0 Å². The summed E-state index contributed by atoms with van der Waals surface area (Å²) in [5.74, 6) is -0.281. The van der Waals surface area contributed by atoms with Crippen LogP contribution in [0.4, 0.5) is 19.0 Å². The highest BCUT2D eigenvalue weighted by Crippen LogP contribution is 2.28. The maximum absolute atomic E-state index is 12.6. The first-order valence-corrected chi connectivity index (χ1v) is 7.23. The van der Waals surface area contributed by atoms with Crippen molar-refractivity contribution in [3.63, 3.8) is 0 Å². The summed E-state index contributed by atoms with van der Waals surface area (Å²) in [6.07, 6.45) is -0.206. The monoisotopic (exact) mass is 350 g/mol. The number of halogens is 3. The number of alkyl halides is 3. The summed E-state index contributed by atoms with van der Waals surface area (Å²) in [5, 5.41) is 12.7. The molecule has 10 heteroatoms. The smallest absolute Gasteiger partial charge is 0.307 e. The van der Waals surface area contributed by atoms with Crippen LogP contribution < -0.4 is 5.32 Å². The Morgan fingerprint density at radius 3 is 2.64 bits per heavy atom. The van der Waals surface area contributed by atoms with Crippen molar-refractivity contribution < 1.29 is 18.0 Å². The average Bonchev–Trinajstić information content (AvgIpc) is 3.24. The van der Waals surface area contributed by atoms with Crippen molar-refractivity contribution >= 4 is 11.7 Å². The molecule has 0 aromatic carbocycles. The maximum Gasteiger partial charge on any atom is 0.435 e. The number of aromatic nitrogens is 5. The summed E-state index contributed by atoms with van der Waals surface area (Å²) in [5.41, 5.74) is 0.452. The minimum Gasteiger partial charge on any atom is -0.307 e. The molecule has 2 N–H and O–H groups in total. The Hall–Kier alpha value is -3.17. The van der Waals surface area contributed by atoms with Crippen LogP contribution in [0.1, 0.15) is 18.7 Å². The number of hydrogen-bond donors (Lipinski definition) is 2. The molecule has 0 spiro atoms. The molecule has 0 aliphatic heterocycles. The van der Waals surface area contributed by atoms with E-state index in [1.807, 2.05) is 0 Å². The molecule has 0 saturated carbocycles. The third-order valence-electron chi connectivity index (χ3n) is 3.50. The van der Waals surface area contributed by atoms with Gasteiger partial charge in [-0.1, -0.05) is 0 Å². The molecule has 3 heterocycles. The Kier molecular flexibility index (Phi) is 4.26. The maximum atomic E-state index is 12.6. The van der Waals surface area contributed by atoms with Crippen LogP contribution in [0.2, 0.25) is 0 Å². The molecule has 7 nitrogen and oxygen atoms in total. The fraction of sp³-hybridized carbons (Fsp3) is 0.200. The van der Waals surface area contributed by atoms with E-state index in [2.05, 4.69) is 25.6 Å². The van der Waals surface area contributed by atoms with Gasteiger partial charge in [0.15, 0.2) is 11.5 Å². The van der Waals surface area contributed by atoms with Crippen molar-refractivity contribution in [2.75, 3.05) is 5.32 Å². The number of rotatable bonds is 4. The van der Waals surface area contributed by atoms with Crippen LogP contribution >= 0.6 is 0 Å². The molecular weight excluding hydrogens is 337 g/mol. The van der Waals surface area contributed by atoms with Crippen LogP contribution in [-0.2, 0) is 11.0 Å².